The second-order valence-corrected chi connectivity index (χ2v) is 10.7. The van der Waals surface area contributed by atoms with Crippen LogP contribution < -0.4 is 14.8 Å². The Labute approximate surface area is 221 Å². The summed E-state index contributed by atoms with van der Waals surface area (Å²) in [5.74, 6) is 1.01. The predicted octanol–water partition coefficient (Wildman–Crippen LogP) is 4.11. The number of hydrogen-bond donors (Lipinski definition) is 2. The summed E-state index contributed by atoms with van der Waals surface area (Å²) in [6.45, 7) is 6.26. The van der Waals surface area contributed by atoms with Gasteiger partial charge in [0.1, 0.15) is 35.9 Å². The number of rotatable bonds is 9. The monoisotopic (exact) mass is 535 g/mol. The summed E-state index contributed by atoms with van der Waals surface area (Å²) in [6.07, 6.45) is 1.21. The topological polar surface area (TPSA) is 91.3 Å². The smallest absolute Gasteiger partial charge is 0.325 e. The van der Waals surface area contributed by atoms with Crippen molar-refractivity contribution in [2.45, 2.75) is 44.4 Å². The van der Waals surface area contributed by atoms with Gasteiger partial charge in [-0.25, -0.2) is 4.79 Å². The number of carbonyl (C=O) groups is 2. The number of carbonyl (C=O) groups excluding carboxylic acids is 2. The highest BCUT2D eigenvalue weighted by molar-refractivity contribution is 6.42. The van der Waals surface area contributed by atoms with Crippen molar-refractivity contribution >= 4 is 35.1 Å². The summed E-state index contributed by atoms with van der Waals surface area (Å²) in [7, 11) is 0. The van der Waals surface area contributed by atoms with Crippen molar-refractivity contribution in [2.75, 3.05) is 32.8 Å². The van der Waals surface area contributed by atoms with Crippen molar-refractivity contribution in [1.29, 1.82) is 0 Å². The normalized spacial score (nSPS) is 19.3. The minimum atomic E-state index is -0.886. The number of amides is 3. The number of hydrogen-bond acceptors (Lipinski definition) is 6. The van der Waals surface area contributed by atoms with E-state index in [2.05, 4.69) is 10.2 Å². The Kier molecular flexibility index (Phi) is 7.99. The van der Waals surface area contributed by atoms with Crippen LogP contribution in [0.4, 0.5) is 4.79 Å². The van der Waals surface area contributed by atoms with Gasteiger partial charge < -0.3 is 19.9 Å². The van der Waals surface area contributed by atoms with Gasteiger partial charge in [0, 0.05) is 25.7 Å². The lowest BCUT2D eigenvalue weighted by atomic mass is 9.92. The highest BCUT2D eigenvalue weighted by atomic mass is 35.5. The summed E-state index contributed by atoms with van der Waals surface area (Å²) in [5.41, 5.74) is -0.625. The maximum absolute atomic E-state index is 12.2. The molecule has 2 aromatic carbocycles. The fraction of sp³-hybridized carbons (Fsp3) is 0.462. The number of halogens is 2. The average molecular weight is 536 g/mol. The summed E-state index contributed by atoms with van der Waals surface area (Å²) in [4.78, 5) is 27.6. The van der Waals surface area contributed by atoms with Crippen LogP contribution >= 0.6 is 23.2 Å². The van der Waals surface area contributed by atoms with E-state index in [0.717, 1.165) is 25.2 Å². The Balaban J connectivity index is 1.19. The van der Waals surface area contributed by atoms with Crippen molar-refractivity contribution in [3.05, 3.63) is 58.1 Å². The van der Waals surface area contributed by atoms with Gasteiger partial charge in [0.05, 0.1) is 16.6 Å². The number of likely N-dealkylation sites (tertiary alicyclic amines) is 1. The first-order chi connectivity index (χ1) is 17.0. The highest BCUT2D eigenvalue weighted by Gasteiger charge is 2.43. The van der Waals surface area contributed by atoms with Crippen LogP contribution in [0.3, 0.4) is 0 Å². The number of imide groups is 1. The Hall–Kier alpha value is -2.52. The van der Waals surface area contributed by atoms with Crippen LogP contribution in [0.2, 0.25) is 10.0 Å². The molecule has 2 N–H and O–H groups in total. The van der Waals surface area contributed by atoms with Crippen LogP contribution in [0.1, 0.15) is 32.3 Å². The van der Waals surface area contributed by atoms with Crippen molar-refractivity contribution < 1.29 is 24.2 Å². The molecular weight excluding hydrogens is 505 g/mol. The lowest BCUT2D eigenvalue weighted by molar-refractivity contribution is -0.130. The molecule has 2 fully saturated rings. The van der Waals surface area contributed by atoms with Crippen LogP contribution in [-0.2, 0) is 11.3 Å². The van der Waals surface area contributed by atoms with E-state index < -0.39 is 17.2 Å². The zero-order valence-corrected chi connectivity index (χ0v) is 21.9. The fourth-order valence-corrected chi connectivity index (χ4v) is 4.57. The zero-order chi connectivity index (χ0) is 25.9. The third-order valence-corrected chi connectivity index (χ3v) is 7.28. The molecule has 36 heavy (non-hydrogen) atoms. The first-order valence-corrected chi connectivity index (χ1v) is 12.7. The van der Waals surface area contributed by atoms with E-state index in [-0.39, 0.29) is 25.7 Å². The maximum Gasteiger partial charge on any atom is 0.325 e. The number of aliphatic hydroxyl groups is 1. The lowest BCUT2D eigenvalue weighted by Gasteiger charge is -2.38. The maximum atomic E-state index is 12.2. The van der Waals surface area contributed by atoms with Gasteiger partial charge in [-0.3, -0.25) is 14.6 Å². The molecular formula is C26H31Cl2N3O5. The minimum absolute atomic E-state index is 0.196. The molecule has 4 rings (SSSR count). The standard InChI is InChI=1S/C26H31Cl2N3O5/c1-25(2)23(32)31(24(33)29-25)13-14-35-19-5-3-18(4-6-19)16-30-11-9-26(34,10-12-30)17-36-20-7-8-21(27)22(28)15-20/h3-8,15,34H,9-14,16-17H2,1-2H3,(H,29,33). The van der Waals surface area contributed by atoms with Crippen molar-refractivity contribution in [1.82, 2.24) is 15.1 Å². The molecule has 3 amide bonds. The molecule has 194 valence electrons. The average Bonchev–Trinajstić information content (AvgIpc) is 3.04. The molecule has 2 aromatic rings. The first kappa shape index (κ1) is 26.5. The molecule has 0 saturated carbocycles. The number of ether oxygens (including phenoxy) is 2. The summed E-state index contributed by atoms with van der Waals surface area (Å²) in [6, 6.07) is 12.4. The number of nitrogens with zero attached hydrogens (tertiary/aromatic N) is 2. The van der Waals surface area contributed by atoms with Gasteiger partial charge in [-0.1, -0.05) is 35.3 Å². The number of benzene rings is 2. The SMILES string of the molecule is CC1(C)NC(=O)N(CCOc2ccc(CN3CCC(O)(COc4ccc(Cl)c(Cl)c4)CC3)cc2)C1=O. The molecule has 0 spiro atoms. The largest absolute Gasteiger partial charge is 0.492 e. The summed E-state index contributed by atoms with van der Waals surface area (Å²) >= 11 is 12.0. The Morgan fingerprint density at radius 3 is 2.25 bits per heavy atom. The molecule has 10 heteroatoms. The quantitative estimate of drug-likeness (QED) is 0.469. The first-order valence-electron chi connectivity index (χ1n) is 11.9. The Bertz CT molecular complexity index is 1100. The van der Waals surface area contributed by atoms with Crippen molar-refractivity contribution in [2.24, 2.45) is 0 Å². The molecule has 2 saturated heterocycles. The van der Waals surface area contributed by atoms with Crippen LogP contribution in [0.25, 0.3) is 0 Å². The molecule has 0 atom stereocenters. The van der Waals surface area contributed by atoms with Crippen LogP contribution in [0.15, 0.2) is 42.5 Å². The minimum Gasteiger partial charge on any atom is -0.492 e. The lowest BCUT2D eigenvalue weighted by Crippen LogP contribution is -2.47. The second kappa shape index (κ2) is 10.8. The third kappa shape index (κ3) is 6.42. The van der Waals surface area contributed by atoms with Gasteiger partial charge in [0.15, 0.2) is 0 Å². The van der Waals surface area contributed by atoms with Crippen molar-refractivity contribution in [3.63, 3.8) is 0 Å². The molecule has 8 nitrogen and oxygen atoms in total. The number of urea groups is 1. The molecule has 0 unspecified atom stereocenters. The van der Waals surface area contributed by atoms with Crippen LogP contribution in [-0.4, -0.2) is 70.8 Å². The van der Waals surface area contributed by atoms with Gasteiger partial charge in [-0.2, -0.15) is 0 Å². The third-order valence-electron chi connectivity index (χ3n) is 6.54. The van der Waals surface area contributed by atoms with E-state index in [0.29, 0.717) is 34.4 Å². The zero-order valence-electron chi connectivity index (χ0n) is 20.4. The van der Waals surface area contributed by atoms with E-state index in [4.69, 9.17) is 32.7 Å². The van der Waals surface area contributed by atoms with E-state index in [9.17, 15) is 14.7 Å². The molecule has 2 heterocycles. The summed E-state index contributed by atoms with van der Waals surface area (Å²) < 4.78 is 11.5. The molecule has 0 aliphatic carbocycles. The van der Waals surface area contributed by atoms with Crippen molar-refractivity contribution in [3.8, 4) is 11.5 Å². The van der Waals surface area contributed by atoms with Gasteiger partial charge in [0.25, 0.3) is 5.91 Å². The molecule has 2 aliphatic heterocycles. The Morgan fingerprint density at radius 1 is 0.972 bits per heavy atom. The fourth-order valence-electron chi connectivity index (χ4n) is 4.28. The molecule has 0 radical (unpaired) electrons. The second-order valence-electron chi connectivity index (χ2n) is 9.87. The molecule has 0 aromatic heterocycles. The van der Waals surface area contributed by atoms with E-state index in [1.807, 2.05) is 24.3 Å². The molecule has 2 aliphatic rings. The highest BCUT2D eigenvalue weighted by Crippen LogP contribution is 2.29. The molecule has 0 bridgehead atoms. The Morgan fingerprint density at radius 2 is 1.64 bits per heavy atom. The number of piperidine rings is 1. The van der Waals surface area contributed by atoms with Gasteiger partial charge >= 0.3 is 6.03 Å². The van der Waals surface area contributed by atoms with Gasteiger partial charge in [-0.15, -0.1) is 0 Å². The van der Waals surface area contributed by atoms with Gasteiger partial charge in [-0.05, 0) is 56.5 Å². The van der Waals surface area contributed by atoms with E-state index in [1.54, 1.807) is 32.0 Å². The summed E-state index contributed by atoms with van der Waals surface area (Å²) in [5, 5.41) is 14.5. The predicted molar refractivity (Wildman–Crippen MR) is 138 cm³/mol. The number of nitrogens with one attached hydrogen (secondary N) is 1. The van der Waals surface area contributed by atoms with Gasteiger partial charge in [0.2, 0.25) is 0 Å². The van der Waals surface area contributed by atoms with Crippen LogP contribution in [0.5, 0.6) is 11.5 Å². The van der Waals surface area contributed by atoms with E-state index in [1.165, 1.54) is 4.90 Å². The van der Waals surface area contributed by atoms with Crippen LogP contribution in [0, 0.1) is 0 Å². The van der Waals surface area contributed by atoms with E-state index >= 15 is 0 Å².